The van der Waals surface area contributed by atoms with Crippen LogP contribution in [0.1, 0.15) is 10.4 Å². The lowest BCUT2D eigenvalue weighted by molar-refractivity contribution is -0.384. The number of rotatable bonds is 3. The van der Waals surface area contributed by atoms with Crippen molar-refractivity contribution in [1.29, 1.82) is 0 Å². The van der Waals surface area contributed by atoms with Gasteiger partial charge < -0.3 is 5.32 Å². The molecule has 0 radical (unpaired) electrons. The van der Waals surface area contributed by atoms with E-state index in [-0.39, 0.29) is 11.6 Å². The van der Waals surface area contributed by atoms with E-state index in [1.165, 1.54) is 12.1 Å². The van der Waals surface area contributed by atoms with Crippen molar-refractivity contribution in [3.63, 3.8) is 0 Å². The minimum Gasteiger partial charge on any atom is -0.355 e. The second-order valence-electron chi connectivity index (χ2n) is 3.97. The molecule has 19 heavy (non-hydrogen) atoms. The smallest absolute Gasteiger partial charge is 0.270 e. The van der Waals surface area contributed by atoms with Crippen LogP contribution in [0, 0.1) is 10.1 Å². The molecule has 5 nitrogen and oxygen atoms in total. The number of nitrogens with zero attached hydrogens (tertiary/aromatic N) is 1. The zero-order valence-corrected chi connectivity index (χ0v) is 10.3. The fraction of sp³-hybridized carbons (Fsp3) is 0.0714. The number of nitrogens with one attached hydrogen (secondary N) is 1. The molecule has 0 fully saturated rings. The maximum Gasteiger partial charge on any atom is 0.270 e. The van der Waals surface area contributed by atoms with Crippen molar-refractivity contribution in [2.45, 2.75) is 0 Å². The molecule has 0 atom stereocenters. The standard InChI is InChI=1S/C14H12N2O3/c1-15-14(17)12-6-2-4-10(8-12)11-5-3-7-13(9-11)16(18)19/h2-9H,1H3,(H,15,17). The van der Waals surface area contributed by atoms with Gasteiger partial charge in [-0.3, -0.25) is 14.9 Å². The third-order valence-corrected chi connectivity index (χ3v) is 2.74. The molecule has 96 valence electrons. The molecule has 5 heteroatoms. The Morgan fingerprint density at radius 3 is 2.37 bits per heavy atom. The van der Waals surface area contributed by atoms with Crippen LogP contribution in [-0.4, -0.2) is 17.9 Å². The summed E-state index contributed by atoms with van der Waals surface area (Å²) in [5.41, 5.74) is 2.03. The van der Waals surface area contributed by atoms with Crippen molar-refractivity contribution in [2.75, 3.05) is 7.05 Å². The molecule has 0 aliphatic heterocycles. The molecule has 1 N–H and O–H groups in total. The zero-order chi connectivity index (χ0) is 13.8. The molecule has 0 aromatic heterocycles. The number of hydrogen-bond acceptors (Lipinski definition) is 3. The predicted molar refractivity (Wildman–Crippen MR) is 71.9 cm³/mol. The number of hydrogen-bond donors (Lipinski definition) is 1. The maximum atomic E-state index is 11.6. The number of nitro groups is 1. The summed E-state index contributed by atoms with van der Waals surface area (Å²) in [4.78, 5) is 21.9. The molecule has 0 saturated carbocycles. The molecule has 2 aromatic rings. The van der Waals surface area contributed by atoms with Gasteiger partial charge in [0.05, 0.1) is 4.92 Å². The highest BCUT2D eigenvalue weighted by molar-refractivity contribution is 5.95. The summed E-state index contributed by atoms with van der Waals surface area (Å²) in [6, 6.07) is 13.3. The highest BCUT2D eigenvalue weighted by Crippen LogP contribution is 2.24. The summed E-state index contributed by atoms with van der Waals surface area (Å²) >= 11 is 0. The van der Waals surface area contributed by atoms with E-state index in [1.807, 2.05) is 6.07 Å². The summed E-state index contributed by atoms with van der Waals surface area (Å²) in [7, 11) is 1.56. The number of nitro benzene ring substituents is 1. The Morgan fingerprint density at radius 2 is 1.74 bits per heavy atom. The first-order valence-electron chi connectivity index (χ1n) is 5.69. The molecular weight excluding hydrogens is 244 g/mol. The summed E-state index contributed by atoms with van der Waals surface area (Å²) < 4.78 is 0. The van der Waals surface area contributed by atoms with E-state index in [2.05, 4.69) is 5.32 Å². The van der Waals surface area contributed by atoms with Gasteiger partial charge in [0, 0.05) is 24.7 Å². The van der Waals surface area contributed by atoms with Gasteiger partial charge in [-0.1, -0.05) is 24.3 Å². The first kappa shape index (κ1) is 12.8. The van der Waals surface area contributed by atoms with Gasteiger partial charge in [0.1, 0.15) is 0 Å². The first-order chi connectivity index (χ1) is 9.11. The summed E-state index contributed by atoms with van der Waals surface area (Å²) in [5.74, 6) is -0.188. The molecule has 0 aliphatic rings. The van der Waals surface area contributed by atoms with E-state index in [9.17, 15) is 14.9 Å². The lowest BCUT2D eigenvalue weighted by atomic mass is 10.0. The van der Waals surface area contributed by atoms with Crippen LogP contribution < -0.4 is 5.32 Å². The maximum absolute atomic E-state index is 11.6. The van der Waals surface area contributed by atoms with Crippen LogP contribution in [0.4, 0.5) is 5.69 Å². The minimum atomic E-state index is -0.438. The van der Waals surface area contributed by atoms with E-state index in [0.29, 0.717) is 11.1 Å². The van der Waals surface area contributed by atoms with E-state index < -0.39 is 4.92 Å². The Balaban J connectivity index is 2.44. The van der Waals surface area contributed by atoms with Crippen molar-refractivity contribution in [3.05, 3.63) is 64.2 Å². The SMILES string of the molecule is CNC(=O)c1cccc(-c2cccc([N+](=O)[O-])c2)c1. The fourth-order valence-corrected chi connectivity index (χ4v) is 1.78. The zero-order valence-electron chi connectivity index (χ0n) is 10.3. The van der Waals surface area contributed by atoms with Crippen LogP contribution in [0.2, 0.25) is 0 Å². The van der Waals surface area contributed by atoms with Gasteiger partial charge in [-0.15, -0.1) is 0 Å². The van der Waals surface area contributed by atoms with E-state index in [1.54, 1.807) is 37.4 Å². The van der Waals surface area contributed by atoms with Crippen molar-refractivity contribution in [3.8, 4) is 11.1 Å². The van der Waals surface area contributed by atoms with Gasteiger partial charge in [0.15, 0.2) is 0 Å². The summed E-state index contributed by atoms with van der Waals surface area (Å²) in [6.07, 6.45) is 0. The average molecular weight is 256 g/mol. The normalized spacial score (nSPS) is 9.95. The average Bonchev–Trinajstić information content (AvgIpc) is 2.46. The molecule has 1 amide bonds. The molecule has 2 aromatic carbocycles. The van der Waals surface area contributed by atoms with Crippen LogP contribution >= 0.6 is 0 Å². The summed E-state index contributed by atoms with van der Waals surface area (Å²) in [6.45, 7) is 0. The highest BCUT2D eigenvalue weighted by atomic mass is 16.6. The topological polar surface area (TPSA) is 72.2 Å². The number of carbonyl (C=O) groups is 1. The number of amides is 1. The van der Waals surface area contributed by atoms with E-state index in [0.717, 1.165) is 5.56 Å². The largest absolute Gasteiger partial charge is 0.355 e. The molecule has 0 saturated heterocycles. The van der Waals surface area contributed by atoms with E-state index >= 15 is 0 Å². The fourth-order valence-electron chi connectivity index (χ4n) is 1.78. The van der Waals surface area contributed by atoms with Gasteiger partial charge in [-0.2, -0.15) is 0 Å². The minimum absolute atomic E-state index is 0.0304. The first-order valence-corrected chi connectivity index (χ1v) is 5.69. The van der Waals surface area contributed by atoms with Crippen molar-refractivity contribution in [1.82, 2.24) is 5.32 Å². The van der Waals surface area contributed by atoms with Gasteiger partial charge in [-0.25, -0.2) is 0 Å². The van der Waals surface area contributed by atoms with E-state index in [4.69, 9.17) is 0 Å². The van der Waals surface area contributed by atoms with Crippen molar-refractivity contribution < 1.29 is 9.72 Å². The second kappa shape index (κ2) is 5.30. The lowest BCUT2D eigenvalue weighted by Crippen LogP contribution is -2.17. The third kappa shape index (κ3) is 2.77. The van der Waals surface area contributed by atoms with Gasteiger partial charge in [-0.05, 0) is 23.3 Å². The van der Waals surface area contributed by atoms with Crippen LogP contribution in [0.25, 0.3) is 11.1 Å². The predicted octanol–water partition coefficient (Wildman–Crippen LogP) is 2.62. The summed E-state index contributed by atoms with van der Waals surface area (Å²) in [5, 5.41) is 13.3. The quantitative estimate of drug-likeness (QED) is 0.677. The van der Waals surface area contributed by atoms with Crippen LogP contribution in [0.15, 0.2) is 48.5 Å². The van der Waals surface area contributed by atoms with Crippen LogP contribution in [0.5, 0.6) is 0 Å². The van der Waals surface area contributed by atoms with Crippen LogP contribution in [-0.2, 0) is 0 Å². The molecule has 2 rings (SSSR count). The Labute approximate surface area is 110 Å². The van der Waals surface area contributed by atoms with Crippen molar-refractivity contribution in [2.24, 2.45) is 0 Å². The Kier molecular flexibility index (Phi) is 3.56. The van der Waals surface area contributed by atoms with Gasteiger partial charge in [0.2, 0.25) is 0 Å². The number of non-ortho nitro benzene ring substituents is 1. The molecular formula is C14H12N2O3. The van der Waals surface area contributed by atoms with Crippen molar-refractivity contribution >= 4 is 11.6 Å². The molecule has 0 bridgehead atoms. The van der Waals surface area contributed by atoms with Gasteiger partial charge in [0.25, 0.3) is 11.6 Å². The van der Waals surface area contributed by atoms with Gasteiger partial charge >= 0.3 is 0 Å². The van der Waals surface area contributed by atoms with Crippen LogP contribution in [0.3, 0.4) is 0 Å². The molecule has 0 unspecified atom stereocenters. The third-order valence-electron chi connectivity index (χ3n) is 2.74. The number of carbonyl (C=O) groups excluding carboxylic acids is 1. The molecule has 0 spiro atoms. The highest BCUT2D eigenvalue weighted by Gasteiger charge is 2.09. The Hall–Kier alpha value is -2.69. The number of benzene rings is 2. The Bertz CT molecular complexity index is 638. The second-order valence-corrected chi connectivity index (χ2v) is 3.97. The Morgan fingerprint density at radius 1 is 1.11 bits per heavy atom. The monoisotopic (exact) mass is 256 g/mol. The molecule has 0 aliphatic carbocycles. The molecule has 0 heterocycles. The lowest BCUT2D eigenvalue weighted by Gasteiger charge is -2.04.